The normalized spacial score (nSPS) is 15.9. The summed E-state index contributed by atoms with van der Waals surface area (Å²) in [6, 6.07) is 5.65. The molecular weight excluding hydrogens is 254 g/mol. The lowest BCUT2D eigenvalue weighted by Crippen LogP contribution is -2.42. The van der Waals surface area contributed by atoms with E-state index in [4.69, 9.17) is 0 Å². The number of hydrogen-bond donors (Lipinski definition) is 1. The molecule has 5 heteroatoms. The summed E-state index contributed by atoms with van der Waals surface area (Å²) in [5.74, 6) is 0.260. The molecule has 108 valence electrons. The Balaban J connectivity index is 1.76. The van der Waals surface area contributed by atoms with Gasteiger partial charge in [0.05, 0.1) is 12.2 Å². The second-order valence-electron chi connectivity index (χ2n) is 5.05. The zero-order valence-corrected chi connectivity index (χ0v) is 11.8. The molecule has 1 aliphatic rings. The lowest BCUT2D eigenvalue weighted by atomic mass is 9.95. The Kier molecular flexibility index (Phi) is 5.09. The summed E-state index contributed by atoms with van der Waals surface area (Å²) >= 11 is 0. The monoisotopic (exact) mass is 275 g/mol. The van der Waals surface area contributed by atoms with Gasteiger partial charge in [0.1, 0.15) is 0 Å². The van der Waals surface area contributed by atoms with Gasteiger partial charge in [0.25, 0.3) is 0 Å². The molecule has 2 rings (SSSR count). The summed E-state index contributed by atoms with van der Waals surface area (Å²) in [6.07, 6.45) is 3.76. The van der Waals surface area contributed by atoms with Crippen molar-refractivity contribution in [3.05, 3.63) is 30.1 Å². The summed E-state index contributed by atoms with van der Waals surface area (Å²) in [4.78, 5) is 29.7. The van der Waals surface area contributed by atoms with Crippen LogP contribution in [-0.2, 0) is 16.1 Å². The molecule has 0 unspecified atom stereocenters. The Hall–Kier alpha value is -1.91. The zero-order chi connectivity index (χ0) is 14.4. The van der Waals surface area contributed by atoms with Crippen LogP contribution in [-0.4, -0.2) is 34.8 Å². The standard InChI is InChI=1S/C15H21N3O2/c1-2-14(19)18-9-6-12(7-10-18)15(20)17-11-13-5-3-4-8-16-13/h3-5,8,12H,2,6-7,9-11H2,1H3,(H,17,20). The Bertz CT molecular complexity index is 453. The quantitative estimate of drug-likeness (QED) is 0.902. The van der Waals surface area contributed by atoms with Gasteiger partial charge in [-0.15, -0.1) is 0 Å². The van der Waals surface area contributed by atoms with Crippen molar-refractivity contribution in [3.8, 4) is 0 Å². The minimum absolute atomic E-state index is 0.0135. The Morgan fingerprint density at radius 3 is 2.70 bits per heavy atom. The van der Waals surface area contributed by atoms with Gasteiger partial charge in [-0.2, -0.15) is 0 Å². The van der Waals surface area contributed by atoms with Crippen molar-refractivity contribution in [3.63, 3.8) is 0 Å². The maximum absolute atomic E-state index is 12.1. The molecule has 20 heavy (non-hydrogen) atoms. The van der Waals surface area contributed by atoms with Gasteiger partial charge < -0.3 is 10.2 Å². The number of carbonyl (C=O) groups is 2. The Labute approximate surface area is 119 Å². The highest BCUT2D eigenvalue weighted by atomic mass is 16.2. The zero-order valence-electron chi connectivity index (χ0n) is 11.8. The van der Waals surface area contributed by atoms with E-state index in [9.17, 15) is 9.59 Å². The third-order valence-electron chi connectivity index (χ3n) is 3.69. The molecule has 0 saturated carbocycles. The molecule has 0 aromatic carbocycles. The highest BCUT2D eigenvalue weighted by molar-refractivity contribution is 5.80. The van der Waals surface area contributed by atoms with Crippen LogP contribution in [0.15, 0.2) is 24.4 Å². The lowest BCUT2D eigenvalue weighted by molar-refractivity contribution is -0.135. The highest BCUT2D eigenvalue weighted by Crippen LogP contribution is 2.18. The Morgan fingerprint density at radius 2 is 2.10 bits per heavy atom. The predicted molar refractivity (Wildman–Crippen MR) is 75.7 cm³/mol. The molecule has 0 radical (unpaired) electrons. The van der Waals surface area contributed by atoms with Crippen molar-refractivity contribution in [2.45, 2.75) is 32.7 Å². The van der Waals surface area contributed by atoms with Crippen LogP contribution in [0.1, 0.15) is 31.9 Å². The summed E-state index contributed by atoms with van der Waals surface area (Å²) in [6.45, 7) is 3.71. The molecule has 0 aliphatic carbocycles. The molecule has 0 atom stereocenters. The van der Waals surface area contributed by atoms with Crippen molar-refractivity contribution in [1.82, 2.24) is 15.2 Å². The first-order valence-electron chi connectivity index (χ1n) is 7.16. The van der Waals surface area contributed by atoms with Crippen LogP contribution in [0, 0.1) is 5.92 Å². The number of amides is 2. The summed E-state index contributed by atoms with van der Waals surface area (Å²) in [7, 11) is 0. The first kappa shape index (κ1) is 14.5. The molecule has 1 aromatic rings. The fraction of sp³-hybridized carbons (Fsp3) is 0.533. The molecule has 2 amide bonds. The van der Waals surface area contributed by atoms with E-state index in [0.717, 1.165) is 18.5 Å². The van der Waals surface area contributed by atoms with Crippen LogP contribution in [0.4, 0.5) is 0 Å². The molecular formula is C15H21N3O2. The van der Waals surface area contributed by atoms with Gasteiger partial charge in [0, 0.05) is 31.6 Å². The van der Waals surface area contributed by atoms with Crippen LogP contribution in [0.3, 0.4) is 0 Å². The van der Waals surface area contributed by atoms with E-state index < -0.39 is 0 Å². The number of hydrogen-bond acceptors (Lipinski definition) is 3. The number of aromatic nitrogens is 1. The number of piperidine rings is 1. The first-order valence-corrected chi connectivity index (χ1v) is 7.16. The van der Waals surface area contributed by atoms with Crippen molar-refractivity contribution in [2.24, 2.45) is 5.92 Å². The summed E-state index contributed by atoms with van der Waals surface area (Å²) < 4.78 is 0. The van der Waals surface area contributed by atoms with E-state index in [-0.39, 0.29) is 17.7 Å². The topological polar surface area (TPSA) is 62.3 Å². The molecule has 1 saturated heterocycles. The van der Waals surface area contributed by atoms with Gasteiger partial charge in [0.15, 0.2) is 0 Å². The number of pyridine rings is 1. The molecule has 1 fully saturated rings. The third-order valence-corrected chi connectivity index (χ3v) is 3.69. The SMILES string of the molecule is CCC(=O)N1CCC(C(=O)NCc2ccccn2)CC1. The number of nitrogens with one attached hydrogen (secondary N) is 1. The molecule has 1 N–H and O–H groups in total. The van der Waals surface area contributed by atoms with Gasteiger partial charge >= 0.3 is 0 Å². The average molecular weight is 275 g/mol. The summed E-state index contributed by atoms with van der Waals surface area (Å²) in [5.41, 5.74) is 0.861. The van der Waals surface area contributed by atoms with Crippen LogP contribution in [0.2, 0.25) is 0 Å². The van der Waals surface area contributed by atoms with Gasteiger partial charge in [0.2, 0.25) is 11.8 Å². The van der Waals surface area contributed by atoms with E-state index in [1.54, 1.807) is 6.20 Å². The number of rotatable bonds is 4. The number of likely N-dealkylation sites (tertiary alicyclic amines) is 1. The fourth-order valence-electron chi connectivity index (χ4n) is 2.44. The molecule has 1 aliphatic heterocycles. The Morgan fingerprint density at radius 1 is 1.35 bits per heavy atom. The highest BCUT2D eigenvalue weighted by Gasteiger charge is 2.26. The van der Waals surface area contributed by atoms with Crippen molar-refractivity contribution in [2.75, 3.05) is 13.1 Å². The van der Waals surface area contributed by atoms with Gasteiger partial charge in [-0.1, -0.05) is 13.0 Å². The second-order valence-corrected chi connectivity index (χ2v) is 5.05. The smallest absolute Gasteiger partial charge is 0.223 e. The van der Waals surface area contributed by atoms with Crippen LogP contribution >= 0.6 is 0 Å². The fourth-order valence-corrected chi connectivity index (χ4v) is 2.44. The average Bonchev–Trinajstić information content (AvgIpc) is 2.53. The van der Waals surface area contributed by atoms with Crippen molar-refractivity contribution < 1.29 is 9.59 Å². The molecule has 2 heterocycles. The lowest BCUT2D eigenvalue weighted by Gasteiger charge is -2.31. The van der Waals surface area contributed by atoms with Gasteiger partial charge in [-0.3, -0.25) is 14.6 Å². The van der Waals surface area contributed by atoms with E-state index in [0.29, 0.717) is 26.1 Å². The number of carbonyl (C=O) groups excluding carboxylic acids is 2. The minimum Gasteiger partial charge on any atom is -0.350 e. The molecule has 0 bridgehead atoms. The van der Waals surface area contributed by atoms with Crippen molar-refractivity contribution >= 4 is 11.8 Å². The maximum Gasteiger partial charge on any atom is 0.223 e. The van der Waals surface area contributed by atoms with Crippen molar-refractivity contribution in [1.29, 1.82) is 0 Å². The first-order chi connectivity index (χ1) is 9.70. The summed E-state index contributed by atoms with van der Waals surface area (Å²) in [5, 5.41) is 2.92. The van der Waals surface area contributed by atoms with E-state index in [1.807, 2.05) is 30.0 Å². The predicted octanol–water partition coefficient (Wildman–Crippen LogP) is 1.35. The van der Waals surface area contributed by atoms with Crippen LogP contribution in [0.25, 0.3) is 0 Å². The third kappa shape index (κ3) is 3.79. The van der Waals surface area contributed by atoms with E-state index in [2.05, 4.69) is 10.3 Å². The van der Waals surface area contributed by atoms with E-state index in [1.165, 1.54) is 0 Å². The molecule has 0 spiro atoms. The largest absolute Gasteiger partial charge is 0.350 e. The van der Waals surface area contributed by atoms with E-state index >= 15 is 0 Å². The molecule has 1 aromatic heterocycles. The molecule has 5 nitrogen and oxygen atoms in total. The minimum atomic E-state index is 0.0135. The van der Waals surface area contributed by atoms with Crippen LogP contribution < -0.4 is 5.32 Å². The maximum atomic E-state index is 12.1. The second kappa shape index (κ2) is 7.03. The van der Waals surface area contributed by atoms with Gasteiger partial charge in [-0.25, -0.2) is 0 Å². The van der Waals surface area contributed by atoms with Gasteiger partial charge in [-0.05, 0) is 25.0 Å². The van der Waals surface area contributed by atoms with Crippen LogP contribution in [0.5, 0.6) is 0 Å². The number of nitrogens with zero attached hydrogens (tertiary/aromatic N) is 2.